The third-order valence-corrected chi connectivity index (χ3v) is 4.52. The van der Waals surface area contributed by atoms with Gasteiger partial charge in [0, 0.05) is 38.9 Å². The number of hydrogen-bond donors (Lipinski definition) is 1. The van der Waals surface area contributed by atoms with E-state index >= 15 is 0 Å². The Labute approximate surface area is 172 Å². The lowest BCUT2D eigenvalue weighted by Crippen LogP contribution is -2.52. The predicted molar refractivity (Wildman–Crippen MR) is 112 cm³/mol. The standard InChI is InChI=1S/C21H32N4O4/c1-16-6-8-17(9-7-16)22-18(26)14-23(5)19(27)15-24-10-12-25(13-11-24)20(28)29-21(2,3)4/h6-9H,10-15H2,1-5H3,(H,22,26). The summed E-state index contributed by atoms with van der Waals surface area (Å²) in [7, 11) is 1.62. The minimum atomic E-state index is -0.522. The Hall–Kier alpha value is -2.61. The van der Waals surface area contributed by atoms with Crippen LogP contribution in [0.25, 0.3) is 0 Å². The predicted octanol–water partition coefficient (Wildman–Crippen LogP) is 1.94. The first-order chi connectivity index (χ1) is 13.5. The van der Waals surface area contributed by atoms with Crippen molar-refractivity contribution >= 4 is 23.6 Å². The zero-order chi connectivity index (χ0) is 21.6. The lowest BCUT2D eigenvalue weighted by molar-refractivity contribution is -0.134. The SMILES string of the molecule is Cc1ccc(NC(=O)CN(C)C(=O)CN2CCN(C(=O)OC(C)(C)C)CC2)cc1. The van der Waals surface area contributed by atoms with Crippen LogP contribution < -0.4 is 5.32 Å². The molecule has 1 aromatic rings. The third-order valence-electron chi connectivity index (χ3n) is 4.52. The summed E-state index contributed by atoms with van der Waals surface area (Å²) in [6.07, 6.45) is -0.326. The van der Waals surface area contributed by atoms with Gasteiger partial charge in [0.2, 0.25) is 11.8 Å². The molecule has 1 fully saturated rings. The third kappa shape index (κ3) is 7.73. The highest BCUT2D eigenvalue weighted by atomic mass is 16.6. The highest BCUT2D eigenvalue weighted by Crippen LogP contribution is 2.12. The van der Waals surface area contributed by atoms with E-state index in [0.717, 1.165) is 5.56 Å². The summed E-state index contributed by atoms with van der Waals surface area (Å²) in [6.45, 7) is 9.91. The fourth-order valence-electron chi connectivity index (χ4n) is 2.87. The molecule has 0 radical (unpaired) electrons. The van der Waals surface area contributed by atoms with Crippen molar-refractivity contribution in [1.82, 2.24) is 14.7 Å². The van der Waals surface area contributed by atoms with Crippen LogP contribution in [0, 0.1) is 6.92 Å². The second-order valence-corrected chi connectivity index (χ2v) is 8.41. The fraction of sp³-hybridized carbons (Fsp3) is 0.571. The molecule has 1 heterocycles. The molecule has 1 aliphatic rings. The maximum Gasteiger partial charge on any atom is 0.410 e. The summed E-state index contributed by atoms with van der Waals surface area (Å²) >= 11 is 0. The normalized spacial score (nSPS) is 15.0. The molecule has 160 valence electrons. The molecule has 1 N–H and O–H groups in total. The minimum absolute atomic E-state index is 0.00934. The van der Waals surface area contributed by atoms with Crippen molar-refractivity contribution < 1.29 is 19.1 Å². The van der Waals surface area contributed by atoms with Crippen LogP contribution in [0.1, 0.15) is 26.3 Å². The molecule has 1 aromatic carbocycles. The van der Waals surface area contributed by atoms with E-state index in [1.807, 2.05) is 56.9 Å². The number of rotatable bonds is 5. The number of carbonyl (C=O) groups is 3. The highest BCUT2D eigenvalue weighted by molar-refractivity contribution is 5.94. The molecule has 0 aliphatic carbocycles. The summed E-state index contributed by atoms with van der Waals surface area (Å²) in [5, 5.41) is 2.79. The van der Waals surface area contributed by atoms with Gasteiger partial charge in [0.05, 0.1) is 13.1 Å². The van der Waals surface area contributed by atoms with E-state index in [1.54, 1.807) is 11.9 Å². The van der Waals surface area contributed by atoms with Gasteiger partial charge in [-0.15, -0.1) is 0 Å². The van der Waals surface area contributed by atoms with Crippen molar-refractivity contribution in [1.29, 1.82) is 0 Å². The summed E-state index contributed by atoms with van der Waals surface area (Å²) in [5.74, 6) is -0.366. The molecule has 1 aliphatic heterocycles. The number of benzene rings is 1. The van der Waals surface area contributed by atoms with Crippen molar-refractivity contribution in [2.24, 2.45) is 0 Å². The van der Waals surface area contributed by atoms with E-state index in [1.165, 1.54) is 4.90 Å². The molecule has 1 saturated heterocycles. The summed E-state index contributed by atoms with van der Waals surface area (Å²) in [6, 6.07) is 7.50. The Balaban J connectivity index is 1.73. The smallest absolute Gasteiger partial charge is 0.410 e. The van der Waals surface area contributed by atoms with Gasteiger partial charge in [-0.3, -0.25) is 14.5 Å². The van der Waals surface area contributed by atoms with E-state index in [9.17, 15) is 14.4 Å². The molecule has 0 bridgehead atoms. The Morgan fingerprint density at radius 1 is 1.07 bits per heavy atom. The molecular weight excluding hydrogens is 372 g/mol. The lowest BCUT2D eigenvalue weighted by Gasteiger charge is -2.35. The summed E-state index contributed by atoms with van der Waals surface area (Å²) in [4.78, 5) is 41.8. The maximum atomic E-state index is 12.4. The lowest BCUT2D eigenvalue weighted by atomic mass is 10.2. The summed E-state index contributed by atoms with van der Waals surface area (Å²) < 4.78 is 5.38. The topological polar surface area (TPSA) is 82.2 Å². The number of likely N-dealkylation sites (N-methyl/N-ethyl adjacent to an activating group) is 1. The van der Waals surface area contributed by atoms with E-state index in [4.69, 9.17) is 4.74 Å². The largest absolute Gasteiger partial charge is 0.444 e. The minimum Gasteiger partial charge on any atom is -0.444 e. The van der Waals surface area contributed by atoms with E-state index in [2.05, 4.69) is 5.32 Å². The van der Waals surface area contributed by atoms with E-state index in [-0.39, 0.29) is 31.0 Å². The molecule has 3 amide bonds. The molecule has 0 saturated carbocycles. The van der Waals surface area contributed by atoms with Gasteiger partial charge in [0.25, 0.3) is 0 Å². The van der Waals surface area contributed by atoms with Crippen LogP contribution in [0.2, 0.25) is 0 Å². The number of nitrogens with zero attached hydrogens (tertiary/aromatic N) is 3. The Morgan fingerprint density at radius 3 is 2.21 bits per heavy atom. The number of hydrogen-bond acceptors (Lipinski definition) is 5. The van der Waals surface area contributed by atoms with E-state index < -0.39 is 5.60 Å². The zero-order valence-electron chi connectivity index (χ0n) is 18.0. The molecular formula is C21H32N4O4. The second kappa shape index (κ2) is 9.73. The first kappa shape index (κ1) is 22.7. The number of nitrogens with one attached hydrogen (secondary N) is 1. The molecule has 8 heteroatoms. The van der Waals surface area contributed by atoms with Crippen LogP contribution in [0.3, 0.4) is 0 Å². The van der Waals surface area contributed by atoms with Gasteiger partial charge in [-0.05, 0) is 39.8 Å². The molecule has 2 rings (SSSR count). The Morgan fingerprint density at radius 2 is 1.66 bits per heavy atom. The van der Waals surface area contributed by atoms with Crippen molar-refractivity contribution in [2.45, 2.75) is 33.3 Å². The molecule has 29 heavy (non-hydrogen) atoms. The van der Waals surface area contributed by atoms with Crippen LogP contribution in [0.15, 0.2) is 24.3 Å². The first-order valence-corrected chi connectivity index (χ1v) is 9.84. The average molecular weight is 405 g/mol. The van der Waals surface area contributed by atoms with Crippen molar-refractivity contribution in [3.63, 3.8) is 0 Å². The van der Waals surface area contributed by atoms with Gasteiger partial charge in [0.15, 0.2) is 0 Å². The summed E-state index contributed by atoms with van der Waals surface area (Å²) in [5.41, 5.74) is 1.30. The van der Waals surface area contributed by atoms with E-state index in [0.29, 0.717) is 31.9 Å². The van der Waals surface area contributed by atoms with Crippen LogP contribution in [0.5, 0.6) is 0 Å². The van der Waals surface area contributed by atoms with Crippen LogP contribution in [-0.4, -0.2) is 84.5 Å². The number of carbonyl (C=O) groups excluding carboxylic acids is 3. The van der Waals surface area contributed by atoms with Crippen LogP contribution >= 0.6 is 0 Å². The van der Waals surface area contributed by atoms with Gasteiger partial charge in [-0.25, -0.2) is 4.79 Å². The highest BCUT2D eigenvalue weighted by Gasteiger charge is 2.27. The van der Waals surface area contributed by atoms with Crippen molar-refractivity contribution in [2.75, 3.05) is 51.6 Å². The molecule has 0 atom stereocenters. The number of amides is 3. The average Bonchev–Trinajstić information content (AvgIpc) is 2.62. The monoisotopic (exact) mass is 404 g/mol. The maximum absolute atomic E-state index is 12.4. The van der Waals surface area contributed by atoms with Gasteiger partial charge in [-0.1, -0.05) is 17.7 Å². The first-order valence-electron chi connectivity index (χ1n) is 9.84. The Kier molecular flexibility index (Phi) is 7.61. The molecule has 8 nitrogen and oxygen atoms in total. The van der Waals surface area contributed by atoms with Crippen LogP contribution in [-0.2, 0) is 14.3 Å². The molecule has 0 spiro atoms. The molecule has 0 unspecified atom stereocenters. The molecule has 0 aromatic heterocycles. The number of aryl methyl sites for hydroxylation is 1. The van der Waals surface area contributed by atoms with Crippen molar-refractivity contribution in [3.8, 4) is 0 Å². The Bertz CT molecular complexity index is 719. The zero-order valence-corrected chi connectivity index (χ0v) is 18.0. The van der Waals surface area contributed by atoms with Crippen molar-refractivity contribution in [3.05, 3.63) is 29.8 Å². The number of ether oxygens (including phenoxy) is 1. The van der Waals surface area contributed by atoms with Gasteiger partial charge >= 0.3 is 6.09 Å². The van der Waals surface area contributed by atoms with Gasteiger partial charge in [-0.2, -0.15) is 0 Å². The number of anilines is 1. The fourth-order valence-corrected chi connectivity index (χ4v) is 2.87. The van der Waals surface area contributed by atoms with Crippen LogP contribution in [0.4, 0.5) is 10.5 Å². The number of piperazine rings is 1. The van der Waals surface area contributed by atoms with Gasteiger partial charge in [0.1, 0.15) is 5.60 Å². The quantitative estimate of drug-likeness (QED) is 0.811. The van der Waals surface area contributed by atoms with Gasteiger partial charge < -0.3 is 19.9 Å². The second-order valence-electron chi connectivity index (χ2n) is 8.41.